The second kappa shape index (κ2) is 52.8. The van der Waals surface area contributed by atoms with Crippen LogP contribution in [0.5, 0.6) is 0 Å². The molecule has 0 aromatic carbocycles. The topological polar surface area (TPSA) is 78.9 Å². The quantitative estimate of drug-likeness (QED) is 0.0343. The largest absolute Gasteiger partial charge is 0.462 e. The zero-order chi connectivity index (χ0) is 48.2. The van der Waals surface area contributed by atoms with Crippen LogP contribution in [0.25, 0.3) is 0 Å². The number of ether oxygens (including phenoxy) is 3. The molecule has 0 aliphatic heterocycles. The van der Waals surface area contributed by atoms with Gasteiger partial charge in [0.25, 0.3) is 0 Å². The van der Waals surface area contributed by atoms with Crippen molar-refractivity contribution >= 4 is 17.9 Å². The average Bonchev–Trinajstić information content (AvgIpc) is 3.29. The fraction of sp³-hybridized carbons (Fsp3) is 0.950. The van der Waals surface area contributed by atoms with Crippen LogP contribution in [0.15, 0.2) is 0 Å². The van der Waals surface area contributed by atoms with Crippen LogP contribution in [-0.4, -0.2) is 37.2 Å². The third kappa shape index (κ3) is 53.4. The van der Waals surface area contributed by atoms with E-state index in [2.05, 4.69) is 34.6 Å². The molecule has 0 fully saturated rings. The van der Waals surface area contributed by atoms with Crippen molar-refractivity contribution in [2.45, 2.75) is 343 Å². The van der Waals surface area contributed by atoms with E-state index in [4.69, 9.17) is 14.2 Å². The Labute approximate surface area is 412 Å². The number of hydrogen-bond donors (Lipinski definition) is 0. The van der Waals surface area contributed by atoms with E-state index in [1.165, 1.54) is 225 Å². The SMILES string of the molecule is CCCCCCCCCCCCCCCCCCCCC(=O)OC[C@@H](COC(=O)CCCCCCCCCCCCC(C)C)OC(=O)CCCCCCCCCCCCCCCCC(C)C. The summed E-state index contributed by atoms with van der Waals surface area (Å²) in [7, 11) is 0. The molecule has 0 spiro atoms. The van der Waals surface area contributed by atoms with Crippen molar-refractivity contribution in [3.05, 3.63) is 0 Å². The minimum Gasteiger partial charge on any atom is -0.462 e. The minimum atomic E-state index is -0.763. The summed E-state index contributed by atoms with van der Waals surface area (Å²) in [5.74, 6) is 0.824. The van der Waals surface area contributed by atoms with Crippen molar-refractivity contribution in [1.82, 2.24) is 0 Å². The highest BCUT2D eigenvalue weighted by Gasteiger charge is 2.19. The fourth-order valence-corrected chi connectivity index (χ4v) is 9.23. The fourth-order valence-electron chi connectivity index (χ4n) is 9.23. The third-order valence-corrected chi connectivity index (χ3v) is 13.7. The molecule has 0 aromatic heterocycles. The first-order valence-corrected chi connectivity index (χ1v) is 29.7. The summed E-state index contributed by atoms with van der Waals surface area (Å²) in [6.45, 7) is 11.4. The van der Waals surface area contributed by atoms with Gasteiger partial charge in [-0.05, 0) is 31.1 Å². The van der Waals surface area contributed by atoms with E-state index in [0.717, 1.165) is 69.6 Å². The van der Waals surface area contributed by atoms with Gasteiger partial charge >= 0.3 is 17.9 Å². The Morgan fingerprint density at radius 2 is 0.500 bits per heavy atom. The van der Waals surface area contributed by atoms with Gasteiger partial charge in [-0.15, -0.1) is 0 Å². The van der Waals surface area contributed by atoms with Crippen LogP contribution < -0.4 is 0 Å². The second-order valence-corrected chi connectivity index (χ2v) is 21.6. The molecule has 0 amide bonds. The second-order valence-electron chi connectivity index (χ2n) is 21.6. The number of hydrogen-bond acceptors (Lipinski definition) is 6. The van der Waals surface area contributed by atoms with Gasteiger partial charge in [0.05, 0.1) is 0 Å². The van der Waals surface area contributed by atoms with Crippen molar-refractivity contribution in [1.29, 1.82) is 0 Å². The number of carbonyl (C=O) groups is 3. The Bertz CT molecular complexity index is 1010. The van der Waals surface area contributed by atoms with Crippen LogP contribution in [0.4, 0.5) is 0 Å². The molecule has 0 radical (unpaired) electrons. The summed E-state index contributed by atoms with van der Waals surface area (Å²) in [5.41, 5.74) is 0. The average molecular weight is 934 g/mol. The molecule has 6 heteroatoms. The van der Waals surface area contributed by atoms with E-state index < -0.39 is 6.10 Å². The maximum absolute atomic E-state index is 12.9. The molecule has 0 rings (SSSR count). The van der Waals surface area contributed by atoms with Crippen molar-refractivity contribution < 1.29 is 28.6 Å². The number of carbonyl (C=O) groups excluding carboxylic acids is 3. The highest BCUT2D eigenvalue weighted by atomic mass is 16.6. The summed E-state index contributed by atoms with van der Waals surface area (Å²) in [5, 5.41) is 0. The molecule has 0 N–H and O–H groups in total. The summed E-state index contributed by atoms with van der Waals surface area (Å²) in [6, 6.07) is 0. The zero-order valence-corrected chi connectivity index (χ0v) is 45.3. The van der Waals surface area contributed by atoms with Crippen LogP contribution in [0.3, 0.4) is 0 Å². The van der Waals surface area contributed by atoms with Crippen molar-refractivity contribution in [3.8, 4) is 0 Å². The molecule has 66 heavy (non-hydrogen) atoms. The summed E-state index contributed by atoms with van der Waals surface area (Å²) in [6.07, 6.45) is 56.7. The molecule has 0 saturated heterocycles. The Kier molecular flexibility index (Phi) is 51.5. The molecular weight excluding hydrogens is 817 g/mol. The molecule has 0 unspecified atom stereocenters. The van der Waals surface area contributed by atoms with Gasteiger partial charge in [0, 0.05) is 19.3 Å². The van der Waals surface area contributed by atoms with Crippen molar-refractivity contribution in [3.63, 3.8) is 0 Å². The Hall–Kier alpha value is -1.59. The Morgan fingerprint density at radius 3 is 0.742 bits per heavy atom. The van der Waals surface area contributed by atoms with Crippen LogP contribution in [0.2, 0.25) is 0 Å². The van der Waals surface area contributed by atoms with E-state index in [9.17, 15) is 14.4 Å². The van der Waals surface area contributed by atoms with Gasteiger partial charge in [0.1, 0.15) is 13.2 Å². The molecular formula is C60H116O6. The molecule has 0 aromatic rings. The van der Waals surface area contributed by atoms with Gasteiger partial charge in [0.2, 0.25) is 0 Å². The summed E-state index contributed by atoms with van der Waals surface area (Å²) in [4.78, 5) is 38.2. The Balaban J connectivity index is 4.28. The lowest BCUT2D eigenvalue weighted by molar-refractivity contribution is -0.167. The minimum absolute atomic E-state index is 0.0626. The number of unbranched alkanes of at least 4 members (excludes halogenated alkanes) is 39. The van der Waals surface area contributed by atoms with Crippen LogP contribution in [0, 0.1) is 11.8 Å². The van der Waals surface area contributed by atoms with E-state index in [1.807, 2.05) is 0 Å². The molecule has 0 bridgehead atoms. The summed E-state index contributed by atoms with van der Waals surface area (Å²) >= 11 is 0. The van der Waals surface area contributed by atoms with Crippen LogP contribution in [-0.2, 0) is 28.6 Å². The highest BCUT2D eigenvalue weighted by molar-refractivity contribution is 5.71. The van der Waals surface area contributed by atoms with Gasteiger partial charge in [-0.2, -0.15) is 0 Å². The van der Waals surface area contributed by atoms with Gasteiger partial charge in [-0.1, -0.05) is 298 Å². The number of esters is 3. The molecule has 1 atom stereocenters. The van der Waals surface area contributed by atoms with Gasteiger partial charge in [0.15, 0.2) is 6.10 Å². The maximum atomic E-state index is 12.9. The lowest BCUT2D eigenvalue weighted by Gasteiger charge is -2.18. The lowest BCUT2D eigenvalue weighted by atomic mass is 10.0. The first-order chi connectivity index (χ1) is 32.2. The third-order valence-electron chi connectivity index (χ3n) is 13.7. The predicted molar refractivity (Wildman–Crippen MR) is 284 cm³/mol. The van der Waals surface area contributed by atoms with E-state index in [1.54, 1.807) is 0 Å². The van der Waals surface area contributed by atoms with Gasteiger partial charge < -0.3 is 14.2 Å². The molecule has 0 saturated carbocycles. The monoisotopic (exact) mass is 933 g/mol. The Morgan fingerprint density at radius 1 is 0.288 bits per heavy atom. The molecule has 392 valence electrons. The molecule has 0 heterocycles. The summed E-state index contributed by atoms with van der Waals surface area (Å²) < 4.78 is 16.9. The molecule has 0 aliphatic carbocycles. The first kappa shape index (κ1) is 64.4. The smallest absolute Gasteiger partial charge is 0.306 e. The van der Waals surface area contributed by atoms with E-state index >= 15 is 0 Å². The van der Waals surface area contributed by atoms with Crippen LogP contribution >= 0.6 is 0 Å². The number of rotatable bonds is 54. The lowest BCUT2D eigenvalue weighted by Crippen LogP contribution is -2.30. The predicted octanol–water partition coefficient (Wildman–Crippen LogP) is 19.7. The standard InChI is InChI=1S/C60H116O6/c1-6-7-8-9-10-11-12-13-14-15-16-17-21-24-30-35-40-45-50-58(61)64-53-57(54-65-59(62)51-46-41-36-31-27-26-29-34-39-44-49-56(4)5)66-60(63)52-47-42-37-32-25-22-19-18-20-23-28-33-38-43-48-55(2)3/h55-57H,6-54H2,1-5H3/t57-/m0/s1. The molecule has 6 nitrogen and oxygen atoms in total. The molecule has 0 aliphatic rings. The van der Waals surface area contributed by atoms with E-state index in [0.29, 0.717) is 19.3 Å². The highest BCUT2D eigenvalue weighted by Crippen LogP contribution is 2.18. The maximum Gasteiger partial charge on any atom is 0.306 e. The van der Waals surface area contributed by atoms with Crippen molar-refractivity contribution in [2.24, 2.45) is 11.8 Å². The van der Waals surface area contributed by atoms with Crippen LogP contribution in [0.1, 0.15) is 336 Å². The normalized spacial score (nSPS) is 12.0. The first-order valence-electron chi connectivity index (χ1n) is 29.7. The van der Waals surface area contributed by atoms with E-state index in [-0.39, 0.29) is 31.1 Å². The zero-order valence-electron chi connectivity index (χ0n) is 45.3. The van der Waals surface area contributed by atoms with Gasteiger partial charge in [-0.25, -0.2) is 0 Å². The van der Waals surface area contributed by atoms with Gasteiger partial charge in [-0.3, -0.25) is 14.4 Å². The van der Waals surface area contributed by atoms with Crippen molar-refractivity contribution in [2.75, 3.05) is 13.2 Å².